The molecule has 0 rings (SSSR count). The molecule has 0 saturated carbocycles. The second kappa shape index (κ2) is 7.65. The largest absolute Gasteiger partial charge is 0.384 e. The normalized spacial score (nSPS) is 14.2. The highest BCUT2D eigenvalue weighted by molar-refractivity contribution is 9.09. The third-order valence-electron chi connectivity index (χ3n) is 2.01. The topological polar surface area (TPSA) is 43.4 Å². The lowest BCUT2D eigenvalue weighted by molar-refractivity contribution is 0.198. The molecule has 0 fully saturated rings. The monoisotopic (exact) mass is 286 g/mol. The van der Waals surface area contributed by atoms with Crippen molar-refractivity contribution in [3.63, 3.8) is 0 Å². The molecular weight excluding hydrogens is 268 g/mol. The Balaban J connectivity index is 3.47. The van der Waals surface area contributed by atoms with E-state index in [0.29, 0.717) is 17.2 Å². The van der Waals surface area contributed by atoms with Gasteiger partial charge >= 0.3 is 0 Å². The number of sulfone groups is 1. The van der Waals surface area contributed by atoms with Crippen molar-refractivity contribution < 1.29 is 13.2 Å². The molecule has 0 heterocycles. The van der Waals surface area contributed by atoms with Crippen LogP contribution in [0.2, 0.25) is 0 Å². The third-order valence-corrected chi connectivity index (χ3v) is 4.52. The van der Waals surface area contributed by atoms with Crippen LogP contribution >= 0.6 is 15.9 Å². The van der Waals surface area contributed by atoms with E-state index < -0.39 is 9.84 Å². The zero-order chi connectivity index (χ0) is 11.0. The van der Waals surface area contributed by atoms with Gasteiger partial charge in [0.2, 0.25) is 0 Å². The molecule has 0 aromatic heterocycles. The van der Waals surface area contributed by atoms with Crippen LogP contribution in [0.15, 0.2) is 0 Å². The number of halogens is 1. The number of hydrogen-bond donors (Lipinski definition) is 0. The summed E-state index contributed by atoms with van der Waals surface area (Å²) in [7, 11) is -1.11. The molecule has 0 aliphatic heterocycles. The lowest BCUT2D eigenvalue weighted by atomic mass is 10.2. The molecule has 86 valence electrons. The molecule has 3 nitrogen and oxygen atoms in total. The summed E-state index contributed by atoms with van der Waals surface area (Å²) in [4.78, 5) is 0.344. The SMILES string of the molecule is CCS(=O)(=O)CCCCC(Br)COC. The van der Waals surface area contributed by atoms with Crippen LogP contribution < -0.4 is 0 Å². The fourth-order valence-corrected chi connectivity index (χ4v) is 2.62. The van der Waals surface area contributed by atoms with Crippen LogP contribution in [0.3, 0.4) is 0 Å². The Hall–Kier alpha value is 0.390. The maximum atomic E-state index is 11.1. The van der Waals surface area contributed by atoms with Crippen molar-refractivity contribution in [2.45, 2.75) is 31.0 Å². The van der Waals surface area contributed by atoms with Crippen LogP contribution in [0.25, 0.3) is 0 Å². The van der Waals surface area contributed by atoms with Gasteiger partial charge < -0.3 is 4.74 Å². The van der Waals surface area contributed by atoms with Crippen molar-refractivity contribution in [3.8, 4) is 0 Å². The van der Waals surface area contributed by atoms with Crippen molar-refractivity contribution in [2.75, 3.05) is 25.2 Å². The first-order valence-electron chi connectivity index (χ1n) is 4.85. The fourth-order valence-electron chi connectivity index (χ4n) is 1.10. The van der Waals surface area contributed by atoms with Gasteiger partial charge in [-0.05, 0) is 12.8 Å². The minimum Gasteiger partial charge on any atom is -0.384 e. The van der Waals surface area contributed by atoms with Gasteiger partial charge in [-0.1, -0.05) is 29.3 Å². The Bertz CT molecular complexity index is 226. The van der Waals surface area contributed by atoms with Gasteiger partial charge in [0.25, 0.3) is 0 Å². The molecule has 0 aliphatic carbocycles. The first kappa shape index (κ1) is 14.4. The van der Waals surface area contributed by atoms with Crippen LogP contribution in [-0.2, 0) is 14.6 Å². The van der Waals surface area contributed by atoms with Gasteiger partial charge in [0, 0.05) is 17.7 Å². The summed E-state index contributed by atoms with van der Waals surface area (Å²) in [5.74, 6) is 0.568. The predicted molar refractivity (Wildman–Crippen MR) is 62.8 cm³/mol. The van der Waals surface area contributed by atoms with E-state index in [1.54, 1.807) is 14.0 Å². The first-order valence-corrected chi connectivity index (χ1v) is 7.59. The van der Waals surface area contributed by atoms with Gasteiger partial charge in [-0.2, -0.15) is 0 Å². The van der Waals surface area contributed by atoms with Crippen LogP contribution in [-0.4, -0.2) is 38.5 Å². The van der Waals surface area contributed by atoms with Crippen molar-refractivity contribution in [2.24, 2.45) is 0 Å². The molecule has 0 amide bonds. The van der Waals surface area contributed by atoms with E-state index in [4.69, 9.17) is 4.74 Å². The number of ether oxygens (including phenoxy) is 1. The molecule has 1 unspecified atom stereocenters. The molecule has 0 bridgehead atoms. The number of rotatable bonds is 8. The summed E-state index contributed by atoms with van der Waals surface area (Å²) in [5, 5.41) is 0. The summed E-state index contributed by atoms with van der Waals surface area (Å²) in [5.41, 5.74) is 0. The summed E-state index contributed by atoms with van der Waals surface area (Å²) >= 11 is 3.46. The van der Waals surface area contributed by atoms with Gasteiger partial charge in [0.15, 0.2) is 0 Å². The highest BCUT2D eigenvalue weighted by Crippen LogP contribution is 2.10. The minimum absolute atomic E-state index is 0.253. The Kier molecular flexibility index (Phi) is 7.86. The molecule has 0 aromatic rings. The Morgan fingerprint density at radius 2 is 2.00 bits per heavy atom. The number of alkyl halides is 1. The zero-order valence-corrected chi connectivity index (χ0v) is 11.2. The molecule has 0 spiro atoms. The maximum absolute atomic E-state index is 11.1. The smallest absolute Gasteiger partial charge is 0.150 e. The van der Waals surface area contributed by atoms with E-state index in [-0.39, 0.29) is 5.75 Å². The first-order chi connectivity index (χ1) is 6.52. The minimum atomic E-state index is -2.78. The van der Waals surface area contributed by atoms with Gasteiger partial charge in [0.1, 0.15) is 9.84 Å². The van der Waals surface area contributed by atoms with Crippen molar-refractivity contribution in [1.82, 2.24) is 0 Å². The van der Waals surface area contributed by atoms with E-state index in [2.05, 4.69) is 15.9 Å². The van der Waals surface area contributed by atoms with Crippen LogP contribution in [0, 0.1) is 0 Å². The molecule has 0 aromatic carbocycles. The van der Waals surface area contributed by atoms with Crippen LogP contribution in [0.1, 0.15) is 26.2 Å². The Morgan fingerprint density at radius 3 is 2.50 bits per heavy atom. The standard InChI is InChI=1S/C9H19BrO3S/c1-3-14(11,12)7-5-4-6-9(10)8-13-2/h9H,3-8H2,1-2H3. The van der Waals surface area contributed by atoms with E-state index in [9.17, 15) is 8.42 Å². The molecule has 0 saturated heterocycles. The highest BCUT2D eigenvalue weighted by atomic mass is 79.9. The summed E-state index contributed by atoms with van der Waals surface area (Å²) < 4.78 is 27.2. The van der Waals surface area contributed by atoms with Crippen LogP contribution in [0.5, 0.6) is 0 Å². The Morgan fingerprint density at radius 1 is 1.36 bits per heavy atom. The molecule has 0 N–H and O–H groups in total. The lowest BCUT2D eigenvalue weighted by Crippen LogP contribution is -2.10. The van der Waals surface area contributed by atoms with Gasteiger partial charge in [-0.15, -0.1) is 0 Å². The zero-order valence-electron chi connectivity index (χ0n) is 8.83. The maximum Gasteiger partial charge on any atom is 0.150 e. The van der Waals surface area contributed by atoms with Crippen LogP contribution in [0.4, 0.5) is 0 Å². The van der Waals surface area contributed by atoms with Crippen molar-refractivity contribution in [3.05, 3.63) is 0 Å². The van der Waals surface area contributed by atoms with Crippen molar-refractivity contribution >= 4 is 25.8 Å². The van der Waals surface area contributed by atoms with E-state index in [1.807, 2.05) is 0 Å². The van der Waals surface area contributed by atoms with E-state index in [0.717, 1.165) is 19.3 Å². The molecule has 14 heavy (non-hydrogen) atoms. The number of unbranched alkanes of at least 4 members (excludes halogenated alkanes) is 1. The molecule has 5 heteroatoms. The average Bonchev–Trinajstić information content (AvgIpc) is 2.13. The summed E-state index contributed by atoms with van der Waals surface area (Å²) in [6.45, 7) is 2.37. The third kappa shape index (κ3) is 7.76. The molecule has 0 radical (unpaired) electrons. The van der Waals surface area contributed by atoms with E-state index in [1.165, 1.54) is 0 Å². The average molecular weight is 287 g/mol. The lowest BCUT2D eigenvalue weighted by Gasteiger charge is -2.07. The number of hydrogen-bond acceptors (Lipinski definition) is 3. The fraction of sp³-hybridized carbons (Fsp3) is 1.00. The Labute approximate surface area is 95.3 Å². The van der Waals surface area contributed by atoms with Crippen molar-refractivity contribution in [1.29, 1.82) is 0 Å². The summed E-state index contributed by atoms with van der Waals surface area (Å²) in [6, 6.07) is 0. The molecule has 0 aliphatic rings. The second-order valence-electron chi connectivity index (χ2n) is 3.28. The van der Waals surface area contributed by atoms with E-state index >= 15 is 0 Å². The molecular formula is C9H19BrO3S. The quantitative estimate of drug-likeness (QED) is 0.506. The predicted octanol–water partition coefficient (Wildman–Crippen LogP) is 2.00. The van der Waals surface area contributed by atoms with Gasteiger partial charge in [-0.25, -0.2) is 8.42 Å². The second-order valence-corrected chi connectivity index (χ2v) is 7.05. The summed E-state index contributed by atoms with van der Waals surface area (Å²) in [6.07, 6.45) is 2.65. The van der Waals surface area contributed by atoms with Gasteiger partial charge in [0.05, 0.1) is 12.4 Å². The molecule has 1 atom stereocenters. The van der Waals surface area contributed by atoms with Gasteiger partial charge in [-0.3, -0.25) is 0 Å². The highest BCUT2D eigenvalue weighted by Gasteiger charge is 2.08. The number of methoxy groups -OCH3 is 1.